The fourth-order valence-corrected chi connectivity index (χ4v) is 8.14. The summed E-state index contributed by atoms with van der Waals surface area (Å²) in [6.07, 6.45) is 5.76. The van der Waals surface area contributed by atoms with Crippen LogP contribution in [0.4, 0.5) is 10.5 Å². The second-order valence-electron chi connectivity index (χ2n) is 15.9. The maximum Gasteiger partial charge on any atom is 0.494 e. The van der Waals surface area contributed by atoms with Crippen LogP contribution in [-0.2, 0) is 24.3 Å². The van der Waals surface area contributed by atoms with Crippen LogP contribution >= 0.6 is 0 Å². The standard InChI is InChI=1S/C33H48BN3O5/c1-30(2,3)40-29(39)35-14-12-33(13-15-35)26-11-10-23(34-41-31(4,5)32(6,7)42-34)16-27(26)37(28(33)38)25-17-24(18-25)36-19-21-8-9-22(21)20-36/h10-11,16,21-22,24-25H,8-9,12-15,17-20H2,1-7H3/t21-,22+,24-,25+. The molecule has 1 aromatic carbocycles. The van der Waals surface area contributed by atoms with Gasteiger partial charge in [0.2, 0.25) is 5.91 Å². The largest absolute Gasteiger partial charge is 0.494 e. The van der Waals surface area contributed by atoms with Crippen molar-refractivity contribution in [1.29, 1.82) is 0 Å². The molecule has 2 saturated carbocycles. The summed E-state index contributed by atoms with van der Waals surface area (Å²) in [5.74, 6) is 2.01. The molecule has 1 spiro atoms. The monoisotopic (exact) mass is 577 g/mol. The van der Waals surface area contributed by atoms with Gasteiger partial charge in [-0.05, 0) is 116 Å². The summed E-state index contributed by atoms with van der Waals surface area (Å²) in [6, 6.07) is 7.17. The quantitative estimate of drug-likeness (QED) is 0.494. The highest BCUT2D eigenvalue weighted by Crippen LogP contribution is 2.52. The number of hydrogen-bond donors (Lipinski definition) is 0. The van der Waals surface area contributed by atoms with Gasteiger partial charge in [-0.25, -0.2) is 4.79 Å². The average Bonchev–Trinajstić information content (AvgIpc) is 3.37. The predicted octanol–water partition coefficient (Wildman–Crippen LogP) is 4.47. The summed E-state index contributed by atoms with van der Waals surface area (Å²) in [5.41, 5.74) is 1.05. The third kappa shape index (κ3) is 4.43. The summed E-state index contributed by atoms with van der Waals surface area (Å²) in [4.78, 5) is 34.0. The van der Waals surface area contributed by atoms with Crippen molar-refractivity contribution in [3.63, 3.8) is 0 Å². The number of carbonyl (C=O) groups is 2. The number of fused-ring (bicyclic) bond motifs is 3. The molecule has 7 rings (SSSR count). The first kappa shape index (κ1) is 28.7. The minimum atomic E-state index is -0.611. The van der Waals surface area contributed by atoms with Crippen molar-refractivity contribution in [3.05, 3.63) is 23.8 Å². The van der Waals surface area contributed by atoms with Crippen molar-refractivity contribution in [2.75, 3.05) is 31.1 Å². The molecule has 2 amide bonds. The fraction of sp³-hybridized carbons (Fsp3) is 0.758. The number of carbonyl (C=O) groups excluding carboxylic acids is 2. The average molecular weight is 578 g/mol. The van der Waals surface area contributed by atoms with Crippen LogP contribution in [0.1, 0.15) is 92.6 Å². The second kappa shape index (κ2) is 9.45. The lowest BCUT2D eigenvalue weighted by Crippen LogP contribution is -2.57. The first-order valence-corrected chi connectivity index (χ1v) is 16.2. The summed E-state index contributed by atoms with van der Waals surface area (Å²) < 4.78 is 18.5. The Morgan fingerprint density at radius 2 is 1.55 bits per heavy atom. The number of benzene rings is 1. The molecule has 0 radical (unpaired) electrons. The molecular weight excluding hydrogens is 529 g/mol. The summed E-state index contributed by atoms with van der Waals surface area (Å²) in [7, 11) is -0.475. The highest BCUT2D eigenvalue weighted by Gasteiger charge is 2.58. The van der Waals surface area contributed by atoms with Crippen LogP contribution in [-0.4, -0.2) is 84.0 Å². The molecule has 4 aliphatic heterocycles. The van der Waals surface area contributed by atoms with Crippen LogP contribution in [0.5, 0.6) is 0 Å². The van der Waals surface area contributed by atoms with Gasteiger partial charge in [0.25, 0.3) is 0 Å². The molecule has 0 aromatic heterocycles. The van der Waals surface area contributed by atoms with E-state index in [0.29, 0.717) is 32.0 Å². The van der Waals surface area contributed by atoms with Gasteiger partial charge >= 0.3 is 13.2 Å². The molecule has 1 aromatic rings. The van der Waals surface area contributed by atoms with Gasteiger partial charge in [-0.2, -0.15) is 0 Å². The van der Waals surface area contributed by atoms with Crippen LogP contribution in [0.15, 0.2) is 18.2 Å². The van der Waals surface area contributed by atoms with E-state index in [1.54, 1.807) is 4.90 Å². The van der Waals surface area contributed by atoms with E-state index >= 15 is 0 Å². The molecule has 9 heteroatoms. The smallest absolute Gasteiger partial charge is 0.444 e. The van der Waals surface area contributed by atoms with Crippen molar-refractivity contribution in [1.82, 2.24) is 9.80 Å². The van der Waals surface area contributed by atoms with E-state index in [2.05, 4.69) is 55.7 Å². The normalized spacial score (nSPS) is 32.9. The lowest BCUT2D eigenvalue weighted by Gasteiger charge is -2.46. The Morgan fingerprint density at radius 1 is 0.952 bits per heavy atom. The zero-order chi connectivity index (χ0) is 29.8. The van der Waals surface area contributed by atoms with Crippen molar-refractivity contribution < 1.29 is 23.6 Å². The van der Waals surface area contributed by atoms with Gasteiger partial charge in [0.1, 0.15) is 5.60 Å². The lowest BCUT2D eigenvalue weighted by atomic mass is 9.71. The lowest BCUT2D eigenvalue weighted by molar-refractivity contribution is -0.126. The van der Waals surface area contributed by atoms with Crippen molar-refractivity contribution in [2.24, 2.45) is 11.8 Å². The highest BCUT2D eigenvalue weighted by atomic mass is 16.7. The van der Waals surface area contributed by atoms with Crippen molar-refractivity contribution >= 4 is 30.3 Å². The summed E-state index contributed by atoms with van der Waals surface area (Å²) >= 11 is 0. The van der Waals surface area contributed by atoms with Crippen molar-refractivity contribution in [3.8, 4) is 0 Å². The topological polar surface area (TPSA) is 71.6 Å². The minimum absolute atomic E-state index is 0.205. The number of rotatable bonds is 3. The summed E-state index contributed by atoms with van der Waals surface area (Å²) in [5, 5.41) is 0. The Labute approximate surface area is 251 Å². The van der Waals surface area contributed by atoms with Gasteiger partial charge < -0.3 is 23.8 Å². The molecule has 5 fully saturated rings. The second-order valence-corrected chi connectivity index (χ2v) is 15.9. The van der Waals surface area contributed by atoms with E-state index in [9.17, 15) is 9.59 Å². The number of ether oxygens (including phenoxy) is 1. The molecule has 4 heterocycles. The molecule has 42 heavy (non-hydrogen) atoms. The highest BCUT2D eigenvalue weighted by molar-refractivity contribution is 6.62. The molecule has 0 bridgehead atoms. The molecule has 2 atom stereocenters. The molecule has 2 aliphatic carbocycles. The molecule has 3 saturated heterocycles. The Bertz CT molecular complexity index is 1250. The number of anilines is 1. The minimum Gasteiger partial charge on any atom is -0.444 e. The van der Waals surface area contributed by atoms with Gasteiger partial charge in [-0.15, -0.1) is 0 Å². The van der Waals surface area contributed by atoms with Gasteiger partial charge in [0.15, 0.2) is 0 Å². The number of likely N-dealkylation sites (tertiary alicyclic amines) is 2. The Balaban J connectivity index is 1.15. The van der Waals surface area contributed by atoms with Gasteiger partial charge in [-0.1, -0.05) is 12.1 Å². The predicted molar refractivity (Wildman–Crippen MR) is 163 cm³/mol. The van der Waals surface area contributed by atoms with Crippen LogP contribution in [0.3, 0.4) is 0 Å². The van der Waals surface area contributed by atoms with Gasteiger partial charge in [0.05, 0.1) is 16.6 Å². The van der Waals surface area contributed by atoms with Crippen LogP contribution in [0, 0.1) is 11.8 Å². The van der Waals surface area contributed by atoms with Gasteiger partial charge in [-0.3, -0.25) is 9.69 Å². The van der Waals surface area contributed by atoms with Gasteiger partial charge in [0, 0.05) is 44.0 Å². The maximum atomic E-state index is 14.6. The Morgan fingerprint density at radius 3 is 2.10 bits per heavy atom. The third-order valence-corrected chi connectivity index (χ3v) is 11.7. The van der Waals surface area contributed by atoms with E-state index in [-0.39, 0.29) is 18.0 Å². The molecule has 0 unspecified atom stereocenters. The molecule has 0 N–H and O–H groups in total. The van der Waals surface area contributed by atoms with Crippen LogP contribution in [0.25, 0.3) is 0 Å². The maximum absolute atomic E-state index is 14.6. The Kier molecular flexibility index (Phi) is 6.45. The van der Waals surface area contributed by atoms with Crippen molar-refractivity contribution in [2.45, 2.75) is 121 Å². The number of nitrogens with zero attached hydrogens (tertiary/aromatic N) is 3. The van der Waals surface area contributed by atoms with Crippen LogP contribution < -0.4 is 10.4 Å². The fourth-order valence-electron chi connectivity index (χ4n) is 8.14. The van der Waals surface area contributed by atoms with E-state index in [1.165, 1.54) is 25.9 Å². The van der Waals surface area contributed by atoms with Crippen LogP contribution in [0.2, 0.25) is 0 Å². The van der Waals surface area contributed by atoms with E-state index in [0.717, 1.165) is 41.4 Å². The summed E-state index contributed by atoms with van der Waals surface area (Å²) in [6.45, 7) is 17.5. The number of piperidine rings is 1. The molecule has 228 valence electrons. The molecule has 8 nitrogen and oxygen atoms in total. The molecule has 6 aliphatic rings. The number of amides is 2. The Hall–Kier alpha value is -2.10. The van der Waals surface area contributed by atoms with E-state index in [4.69, 9.17) is 14.0 Å². The van der Waals surface area contributed by atoms with E-state index in [1.807, 2.05) is 20.8 Å². The first-order valence-electron chi connectivity index (χ1n) is 16.2. The number of hydrogen-bond acceptors (Lipinski definition) is 6. The molecular formula is C33H48BN3O5. The SMILES string of the molecule is CC(C)(C)OC(=O)N1CCC2(CC1)C(=O)N([C@H]1C[C@@H](N3C[C@H]4CC[C@H]4C3)C1)c1cc(B3OC(C)(C)C(C)(C)O3)ccc12. The third-order valence-electron chi connectivity index (χ3n) is 11.7. The van der Waals surface area contributed by atoms with E-state index < -0.39 is 29.3 Å². The zero-order valence-electron chi connectivity index (χ0n) is 26.6. The first-order chi connectivity index (χ1) is 19.7. The zero-order valence-corrected chi connectivity index (χ0v) is 26.6.